The Hall–Kier alpha value is -4.50. The Balaban J connectivity index is 1.80. The summed E-state index contributed by atoms with van der Waals surface area (Å²) < 4.78 is 11.8. The van der Waals surface area contributed by atoms with Crippen LogP contribution >= 0.6 is 0 Å². The first kappa shape index (κ1) is 25.6. The predicted octanol–water partition coefficient (Wildman–Crippen LogP) is 3.91. The van der Waals surface area contributed by atoms with Gasteiger partial charge in [-0.25, -0.2) is 14.5 Å². The highest BCUT2D eigenvalue weighted by molar-refractivity contribution is 6.39. The van der Waals surface area contributed by atoms with Gasteiger partial charge in [0.05, 0.1) is 31.5 Å². The Kier molecular flexibility index (Phi) is 7.35. The van der Waals surface area contributed by atoms with E-state index < -0.39 is 23.8 Å². The fourth-order valence-corrected chi connectivity index (χ4v) is 4.34. The lowest BCUT2D eigenvalue weighted by atomic mass is 10.1. The van der Waals surface area contributed by atoms with Crippen LogP contribution in [0, 0.1) is 13.8 Å². The van der Waals surface area contributed by atoms with Gasteiger partial charge < -0.3 is 14.0 Å². The number of urea groups is 1. The van der Waals surface area contributed by atoms with Crippen LogP contribution in [0.1, 0.15) is 27.3 Å². The monoisotopic (exact) mass is 501 g/mol. The number of rotatable bonds is 7. The maximum absolute atomic E-state index is 13.5. The molecule has 3 aromatic rings. The van der Waals surface area contributed by atoms with Crippen molar-refractivity contribution < 1.29 is 28.7 Å². The summed E-state index contributed by atoms with van der Waals surface area (Å²) in [4.78, 5) is 54.0. The van der Waals surface area contributed by atoms with E-state index in [-0.39, 0.29) is 18.7 Å². The van der Waals surface area contributed by atoms with E-state index in [1.165, 1.54) is 20.3 Å². The van der Waals surface area contributed by atoms with Crippen LogP contribution in [0.4, 0.5) is 10.5 Å². The van der Waals surface area contributed by atoms with Crippen LogP contribution in [-0.2, 0) is 19.1 Å². The van der Waals surface area contributed by atoms with Crippen molar-refractivity contribution in [1.82, 2.24) is 9.47 Å². The molecule has 4 rings (SSSR count). The molecule has 0 atom stereocenters. The van der Waals surface area contributed by atoms with Gasteiger partial charge in [0.15, 0.2) is 0 Å². The molecule has 1 aromatic heterocycles. The molecule has 2 heterocycles. The van der Waals surface area contributed by atoms with Crippen molar-refractivity contribution in [3.05, 3.63) is 88.8 Å². The van der Waals surface area contributed by atoms with Gasteiger partial charge in [0.2, 0.25) is 0 Å². The predicted molar refractivity (Wildman–Crippen MR) is 137 cm³/mol. The van der Waals surface area contributed by atoms with Crippen molar-refractivity contribution in [2.24, 2.45) is 0 Å². The molecular weight excluding hydrogens is 474 g/mol. The average Bonchev–Trinajstić information content (AvgIpc) is 3.19. The topological polar surface area (TPSA) is 98.2 Å². The number of anilines is 1. The molecule has 1 aliphatic heterocycles. The number of carbonyl (C=O) groups excluding carboxylic acids is 4. The van der Waals surface area contributed by atoms with Gasteiger partial charge in [-0.05, 0) is 61.9 Å². The number of barbiturate groups is 1. The lowest BCUT2D eigenvalue weighted by Gasteiger charge is -2.33. The molecule has 0 spiro atoms. The molecular formula is C28H27N3O6. The summed E-state index contributed by atoms with van der Waals surface area (Å²) >= 11 is 0. The summed E-state index contributed by atoms with van der Waals surface area (Å²) in [6, 6.07) is 16.6. The minimum Gasteiger partial charge on any atom is -0.465 e. The summed E-state index contributed by atoms with van der Waals surface area (Å²) in [5.41, 5.74) is 3.56. The van der Waals surface area contributed by atoms with Crippen LogP contribution in [0.5, 0.6) is 0 Å². The van der Waals surface area contributed by atoms with Crippen molar-refractivity contribution in [3.63, 3.8) is 0 Å². The van der Waals surface area contributed by atoms with Gasteiger partial charge in [0, 0.05) is 24.2 Å². The number of para-hydroxylation sites is 1. The number of carbonyl (C=O) groups is 4. The molecule has 0 unspecified atom stereocenters. The van der Waals surface area contributed by atoms with E-state index in [4.69, 9.17) is 9.47 Å². The summed E-state index contributed by atoms with van der Waals surface area (Å²) in [5, 5.41) is 0. The zero-order valence-corrected chi connectivity index (χ0v) is 21.1. The van der Waals surface area contributed by atoms with Gasteiger partial charge in [0.1, 0.15) is 5.57 Å². The van der Waals surface area contributed by atoms with Gasteiger partial charge in [-0.2, -0.15) is 0 Å². The number of benzene rings is 2. The largest absolute Gasteiger partial charge is 0.465 e. The average molecular weight is 502 g/mol. The van der Waals surface area contributed by atoms with E-state index in [0.29, 0.717) is 16.8 Å². The summed E-state index contributed by atoms with van der Waals surface area (Å²) in [6.45, 7) is 3.87. The van der Waals surface area contributed by atoms with Gasteiger partial charge in [-0.3, -0.25) is 14.5 Å². The molecule has 4 amide bonds. The zero-order valence-electron chi connectivity index (χ0n) is 21.1. The normalized spacial score (nSPS) is 15.0. The number of hydrogen-bond donors (Lipinski definition) is 0. The highest BCUT2D eigenvalue weighted by atomic mass is 16.5. The number of amides is 4. The molecule has 9 heteroatoms. The Morgan fingerprint density at radius 1 is 0.892 bits per heavy atom. The third kappa shape index (κ3) is 4.81. The molecule has 0 N–H and O–H groups in total. The van der Waals surface area contributed by atoms with Crippen molar-refractivity contribution in [1.29, 1.82) is 0 Å². The molecule has 37 heavy (non-hydrogen) atoms. The number of hydrogen-bond acceptors (Lipinski definition) is 6. The highest BCUT2D eigenvalue weighted by Crippen LogP contribution is 2.28. The molecule has 0 radical (unpaired) electrons. The second-order valence-corrected chi connectivity index (χ2v) is 8.47. The fourth-order valence-electron chi connectivity index (χ4n) is 4.34. The quantitative estimate of drug-likeness (QED) is 0.277. The highest BCUT2D eigenvalue weighted by Gasteiger charge is 2.42. The second kappa shape index (κ2) is 10.6. The van der Waals surface area contributed by atoms with Crippen molar-refractivity contribution in [3.8, 4) is 5.69 Å². The first-order valence-electron chi connectivity index (χ1n) is 11.6. The Morgan fingerprint density at radius 2 is 1.59 bits per heavy atom. The maximum Gasteiger partial charge on any atom is 0.338 e. The number of aryl methyl sites for hydroxylation is 1. The minimum absolute atomic E-state index is 0.00145. The van der Waals surface area contributed by atoms with Crippen LogP contribution in [0.3, 0.4) is 0 Å². The van der Waals surface area contributed by atoms with E-state index in [1.54, 1.807) is 48.5 Å². The molecule has 2 aromatic carbocycles. The molecule has 1 fully saturated rings. The van der Waals surface area contributed by atoms with E-state index in [9.17, 15) is 19.2 Å². The van der Waals surface area contributed by atoms with Gasteiger partial charge in [-0.1, -0.05) is 24.3 Å². The Labute approximate surface area is 214 Å². The van der Waals surface area contributed by atoms with Gasteiger partial charge in [0.25, 0.3) is 11.8 Å². The summed E-state index contributed by atoms with van der Waals surface area (Å²) in [7, 11) is 2.79. The number of imide groups is 2. The number of esters is 1. The lowest BCUT2D eigenvalue weighted by Crippen LogP contribution is -2.57. The lowest BCUT2D eigenvalue weighted by molar-refractivity contribution is -0.129. The Bertz CT molecular complexity index is 1410. The van der Waals surface area contributed by atoms with E-state index in [0.717, 1.165) is 26.9 Å². The number of aromatic nitrogens is 1. The molecule has 9 nitrogen and oxygen atoms in total. The fraction of sp³-hybridized carbons (Fsp3) is 0.214. The second-order valence-electron chi connectivity index (χ2n) is 8.47. The van der Waals surface area contributed by atoms with Crippen molar-refractivity contribution in [2.75, 3.05) is 32.3 Å². The van der Waals surface area contributed by atoms with E-state index in [1.807, 2.05) is 30.5 Å². The van der Waals surface area contributed by atoms with Crippen LogP contribution in [0.25, 0.3) is 11.8 Å². The number of methoxy groups -OCH3 is 2. The smallest absolute Gasteiger partial charge is 0.338 e. The molecule has 0 bridgehead atoms. The standard InChI is InChI=1S/C28H27N3O6/c1-18-15-21(19(2)30(18)23-12-8-9-20(16-23)27(34)37-4)17-24-25(32)29(13-14-36-3)28(35)31(26(24)33)22-10-6-5-7-11-22/h5-12,15-17H,13-14H2,1-4H3/b24-17-. The molecule has 1 saturated heterocycles. The van der Waals surface area contributed by atoms with Crippen LogP contribution in [-0.4, -0.2) is 60.7 Å². The molecule has 0 saturated carbocycles. The molecule has 190 valence electrons. The van der Waals surface area contributed by atoms with E-state index >= 15 is 0 Å². The Morgan fingerprint density at radius 3 is 2.27 bits per heavy atom. The zero-order chi connectivity index (χ0) is 26.7. The van der Waals surface area contributed by atoms with Gasteiger partial charge >= 0.3 is 12.0 Å². The number of nitrogens with zero attached hydrogens (tertiary/aromatic N) is 3. The van der Waals surface area contributed by atoms with E-state index in [2.05, 4.69) is 0 Å². The maximum atomic E-state index is 13.5. The summed E-state index contributed by atoms with van der Waals surface area (Å²) in [5.74, 6) is -1.84. The van der Waals surface area contributed by atoms with Crippen molar-refractivity contribution in [2.45, 2.75) is 13.8 Å². The third-order valence-electron chi connectivity index (χ3n) is 6.16. The SMILES string of the molecule is COCCN1C(=O)/C(=C/c2cc(C)n(-c3cccc(C(=O)OC)c3)c2C)C(=O)N(c2ccccc2)C1=O. The number of ether oxygens (including phenoxy) is 2. The molecule has 1 aliphatic rings. The van der Waals surface area contributed by atoms with Crippen LogP contribution < -0.4 is 4.90 Å². The first-order chi connectivity index (χ1) is 17.8. The first-order valence-corrected chi connectivity index (χ1v) is 11.6. The van der Waals surface area contributed by atoms with Gasteiger partial charge in [-0.15, -0.1) is 0 Å². The summed E-state index contributed by atoms with van der Waals surface area (Å²) in [6.07, 6.45) is 1.51. The van der Waals surface area contributed by atoms with Crippen molar-refractivity contribution >= 4 is 35.6 Å². The third-order valence-corrected chi connectivity index (χ3v) is 6.16. The van der Waals surface area contributed by atoms with Crippen LogP contribution in [0.2, 0.25) is 0 Å². The minimum atomic E-state index is -0.722. The van der Waals surface area contributed by atoms with Crippen LogP contribution in [0.15, 0.2) is 66.2 Å². The molecule has 0 aliphatic carbocycles.